The van der Waals surface area contributed by atoms with Gasteiger partial charge < -0.3 is 0 Å². The van der Waals surface area contributed by atoms with Crippen molar-refractivity contribution >= 4 is 34.8 Å². The predicted molar refractivity (Wildman–Crippen MR) is 96.5 cm³/mol. The summed E-state index contributed by atoms with van der Waals surface area (Å²) in [6, 6.07) is 15.0. The smallest absolute Gasteiger partial charge is 0.131 e. The Morgan fingerprint density at radius 3 is 1.25 bits per heavy atom. The first kappa shape index (κ1) is 18.9. The fraction of sp³-hybridized carbons (Fsp3) is 0.111. The van der Waals surface area contributed by atoms with Gasteiger partial charge in [-0.1, -0.05) is 0 Å². The van der Waals surface area contributed by atoms with Crippen LogP contribution in [0.3, 0.4) is 0 Å². The topological polar surface area (TPSA) is 95.2 Å². The summed E-state index contributed by atoms with van der Waals surface area (Å²) < 4.78 is 0. The van der Waals surface area contributed by atoms with Crippen molar-refractivity contribution in [1.82, 2.24) is 0 Å². The maximum atomic E-state index is 8.46. The fourth-order valence-electron chi connectivity index (χ4n) is 1.53. The molecule has 0 aliphatic heterocycles. The first-order valence-electron chi connectivity index (χ1n) is 6.69. The van der Waals surface area contributed by atoms with Gasteiger partial charge in [-0.05, 0) is 50.3 Å². The number of thiophene rings is 2. The molecule has 0 atom stereocenters. The third kappa shape index (κ3) is 6.30. The molecule has 2 aromatic heterocycles. The average molecular weight is 348 g/mol. The summed E-state index contributed by atoms with van der Waals surface area (Å²) in [6.45, 7) is 3.97. The molecule has 24 heavy (non-hydrogen) atoms. The van der Waals surface area contributed by atoms with Gasteiger partial charge in [0.15, 0.2) is 0 Å². The van der Waals surface area contributed by atoms with Crippen LogP contribution in [0.1, 0.15) is 19.5 Å². The number of hydrogen-bond acceptors (Lipinski definition) is 6. The van der Waals surface area contributed by atoms with E-state index < -0.39 is 0 Å². The maximum Gasteiger partial charge on any atom is 0.131 e. The Labute approximate surface area is 149 Å². The molecule has 2 rings (SSSR count). The molecule has 0 radical (unpaired) electrons. The Bertz CT molecular complexity index is 821. The van der Waals surface area contributed by atoms with Crippen LogP contribution in [0.4, 0.5) is 0 Å². The quantitative estimate of drug-likeness (QED) is 0.715. The number of nitriles is 4. The van der Waals surface area contributed by atoms with Gasteiger partial charge in [0, 0.05) is 19.5 Å². The van der Waals surface area contributed by atoms with Crippen molar-refractivity contribution < 1.29 is 0 Å². The summed E-state index contributed by atoms with van der Waals surface area (Å²) >= 11 is 3.14. The van der Waals surface area contributed by atoms with Crippen molar-refractivity contribution in [3.63, 3.8) is 0 Å². The van der Waals surface area contributed by atoms with Crippen LogP contribution < -0.4 is 0 Å². The van der Waals surface area contributed by atoms with E-state index in [-0.39, 0.29) is 11.1 Å². The maximum absolute atomic E-state index is 8.46. The molecule has 4 nitrogen and oxygen atoms in total. The molecule has 0 fully saturated rings. The van der Waals surface area contributed by atoms with Gasteiger partial charge in [-0.25, -0.2) is 0 Å². The van der Waals surface area contributed by atoms with Crippen molar-refractivity contribution in [2.24, 2.45) is 0 Å². The highest BCUT2D eigenvalue weighted by molar-refractivity contribution is 7.13. The minimum atomic E-state index is 0.150. The van der Waals surface area contributed by atoms with E-state index in [0.29, 0.717) is 0 Å². The van der Waals surface area contributed by atoms with Crippen LogP contribution in [0, 0.1) is 59.2 Å². The Morgan fingerprint density at radius 1 is 0.708 bits per heavy atom. The van der Waals surface area contributed by atoms with Gasteiger partial charge in [-0.15, -0.1) is 22.7 Å². The highest BCUT2D eigenvalue weighted by Crippen LogP contribution is 2.18. The molecule has 6 heteroatoms. The summed E-state index contributed by atoms with van der Waals surface area (Å²) in [5, 5.41) is 33.8. The number of hydrogen-bond donors (Lipinski definition) is 0. The van der Waals surface area contributed by atoms with Crippen LogP contribution >= 0.6 is 22.7 Å². The monoisotopic (exact) mass is 348 g/mol. The van der Waals surface area contributed by atoms with Gasteiger partial charge in [0.1, 0.15) is 35.4 Å². The first-order valence-corrected chi connectivity index (χ1v) is 8.32. The first-order chi connectivity index (χ1) is 11.5. The second kappa shape index (κ2) is 9.78. The van der Waals surface area contributed by atoms with E-state index in [1.165, 1.54) is 9.75 Å². The average Bonchev–Trinajstić information content (AvgIpc) is 3.19. The number of allylic oxidation sites excluding steroid dienone is 2. The lowest BCUT2D eigenvalue weighted by Gasteiger charge is -1.81. The van der Waals surface area contributed by atoms with Crippen LogP contribution in [0.15, 0.2) is 35.4 Å². The van der Waals surface area contributed by atoms with Crippen molar-refractivity contribution in [2.45, 2.75) is 13.8 Å². The molecule has 0 amide bonds. The third-order valence-corrected chi connectivity index (χ3v) is 4.47. The summed E-state index contributed by atoms with van der Waals surface area (Å²) in [5.41, 5.74) is 0.300. The molecule has 2 aromatic rings. The molecule has 0 aliphatic rings. The summed E-state index contributed by atoms with van der Waals surface area (Å²) in [7, 11) is 0. The van der Waals surface area contributed by atoms with Gasteiger partial charge >= 0.3 is 0 Å². The molecular formula is C18H12N4S2. The Balaban J connectivity index is 0.000000240. The van der Waals surface area contributed by atoms with E-state index in [1.54, 1.807) is 34.8 Å². The highest BCUT2D eigenvalue weighted by Gasteiger charge is 1.96. The molecule has 0 saturated carbocycles. The van der Waals surface area contributed by atoms with E-state index in [1.807, 2.05) is 62.4 Å². The van der Waals surface area contributed by atoms with Crippen LogP contribution in [0.25, 0.3) is 12.2 Å². The second-order valence-corrected chi connectivity index (χ2v) is 7.10. The van der Waals surface area contributed by atoms with Gasteiger partial charge in [-0.2, -0.15) is 21.0 Å². The van der Waals surface area contributed by atoms with Crippen molar-refractivity contribution in [3.05, 3.63) is 54.9 Å². The number of nitrogens with zero attached hydrogens (tertiary/aromatic N) is 4. The molecule has 0 bridgehead atoms. The molecule has 0 aliphatic carbocycles. The number of rotatable bonds is 2. The minimum absolute atomic E-state index is 0.150. The zero-order valence-corrected chi connectivity index (χ0v) is 14.7. The van der Waals surface area contributed by atoms with E-state index in [0.717, 1.165) is 9.75 Å². The molecular weight excluding hydrogens is 336 g/mol. The van der Waals surface area contributed by atoms with Crippen molar-refractivity contribution in [1.29, 1.82) is 21.0 Å². The van der Waals surface area contributed by atoms with E-state index in [2.05, 4.69) is 0 Å². The highest BCUT2D eigenvalue weighted by atomic mass is 32.1. The molecule has 0 spiro atoms. The fourth-order valence-corrected chi connectivity index (χ4v) is 3.17. The van der Waals surface area contributed by atoms with Crippen LogP contribution in [0.5, 0.6) is 0 Å². The summed E-state index contributed by atoms with van der Waals surface area (Å²) in [6.07, 6.45) is 3.19. The molecule has 2 heterocycles. The number of aryl methyl sites for hydroxylation is 2. The normalized spacial score (nSPS) is 8.25. The van der Waals surface area contributed by atoms with Crippen LogP contribution in [0.2, 0.25) is 0 Å². The Morgan fingerprint density at radius 2 is 1.04 bits per heavy atom. The Hall–Kier alpha value is -3.16. The lowest BCUT2D eigenvalue weighted by atomic mass is 10.3. The molecule has 0 N–H and O–H groups in total. The van der Waals surface area contributed by atoms with Crippen molar-refractivity contribution in [2.75, 3.05) is 0 Å². The van der Waals surface area contributed by atoms with Crippen molar-refractivity contribution in [3.8, 4) is 24.3 Å². The van der Waals surface area contributed by atoms with Crippen LogP contribution in [-0.4, -0.2) is 0 Å². The zero-order valence-electron chi connectivity index (χ0n) is 13.1. The van der Waals surface area contributed by atoms with Gasteiger partial charge in [0.05, 0.1) is 0 Å². The molecule has 0 unspecified atom stereocenters. The van der Waals surface area contributed by atoms with Gasteiger partial charge in [0.25, 0.3) is 0 Å². The zero-order chi connectivity index (χ0) is 17.9. The minimum Gasteiger partial charge on any atom is -0.192 e. The standard InChI is InChI=1S/2C9H6N2S/c2*1-7-2-3-9(12-7)4-8(5-10)6-11/h2*2-4H,1H3. The summed E-state index contributed by atoms with van der Waals surface area (Å²) in [4.78, 5) is 4.25. The van der Waals surface area contributed by atoms with E-state index >= 15 is 0 Å². The van der Waals surface area contributed by atoms with Gasteiger partial charge in [0.2, 0.25) is 0 Å². The second-order valence-electron chi connectivity index (χ2n) is 4.46. The molecule has 0 saturated heterocycles. The molecule has 0 aromatic carbocycles. The third-order valence-electron chi connectivity index (χ3n) is 2.58. The lowest BCUT2D eigenvalue weighted by molar-refractivity contribution is 1.47. The van der Waals surface area contributed by atoms with E-state index in [9.17, 15) is 0 Å². The van der Waals surface area contributed by atoms with Gasteiger partial charge in [-0.3, -0.25) is 0 Å². The largest absolute Gasteiger partial charge is 0.192 e. The predicted octanol–water partition coefficient (Wildman–Crippen LogP) is 4.97. The summed E-state index contributed by atoms with van der Waals surface area (Å²) in [5.74, 6) is 0. The lowest BCUT2D eigenvalue weighted by Crippen LogP contribution is -1.68. The SMILES string of the molecule is Cc1ccc(C=C(C#N)C#N)s1.Cc1ccc(C=C(C#N)C#N)s1. The Kier molecular flexibility index (Phi) is 7.69. The molecule has 116 valence electrons. The van der Waals surface area contributed by atoms with E-state index in [4.69, 9.17) is 21.0 Å². The van der Waals surface area contributed by atoms with Crippen LogP contribution in [-0.2, 0) is 0 Å².